The number of benzene rings is 1. The second-order valence-corrected chi connectivity index (χ2v) is 6.09. The van der Waals surface area contributed by atoms with E-state index < -0.39 is 12.0 Å². The fourth-order valence-corrected chi connectivity index (χ4v) is 3.09. The number of hydrogen-bond acceptors (Lipinski definition) is 4. The van der Waals surface area contributed by atoms with Gasteiger partial charge in [0.25, 0.3) is 5.91 Å². The molecule has 0 spiro atoms. The molecule has 1 aromatic heterocycles. The minimum atomic E-state index is -0.643. The van der Waals surface area contributed by atoms with Crippen molar-refractivity contribution in [2.45, 2.75) is 38.3 Å². The van der Waals surface area contributed by atoms with Gasteiger partial charge in [0, 0.05) is 6.54 Å². The molecular formula is C17H20FN3O3. The zero-order valence-electron chi connectivity index (χ0n) is 13.4. The summed E-state index contributed by atoms with van der Waals surface area (Å²) >= 11 is 0. The molecule has 1 fully saturated rings. The Labute approximate surface area is 139 Å². The lowest BCUT2D eigenvalue weighted by atomic mass is 9.97. The molecule has 1 aliphatic rings. The maximum absolute atomic E-state index is 13.0. The molecule has 1 aromatic carbocycles. The first-order valence-corrected chi connectivity index (χ1v) is 8.01. The van der Waals surface area contributed by atoms with Crippen LogP contribution in [0.5, 0.6) is 5.75 Å². The van der Waals surface area contributed by atoms with Gasteiger partial charge < -0.3 is 15.1 Å². The molecule has 6 nitrogen and oxygen atoms in total. The minimum Gasteiger partial charge on any atom is -0.504 e. The number of rotatable bonds is 3. The molecule has 24 heavy (non-hydrogen) atoms. The summed E-state index contributed by atoms with van der Waals surface area (Å²) in [4.78, 5) is 14.3. The number of carbonyl (C=O) groups excluding carboxylic acids is 1. The van der Waals surface area contributed by atoms with E-state index in [1.165, 1.54) is 35.1 Å². The minimum absolute atomic E-state index is 0.0631. The van der Waals surface area contributed by atoms with Gasteiger partial charge in [0.15, 0.2) is 11.4 Å². The van der Waals surface area contributed by atoms with E-state index in [0.29, 0.717) is 12.2 Å². The summed E-state index contributed by atoms with van der Waals surface area (Å²) in [5.74, 6) is -1.02. The molecule has 0 saturated carbocycles. The third kappa shape index (κ3) is 3.12. The van der Waals surface area contributed by atoms with Crippen LogP contribution in [-0.2, 0) is 0 Å². The van der Waals surface area contributed by atoms with Crippen LogP contribution in [0.15, 0.2) is 30.5 Å². The van der Waals surface area contributed by atoms with Crippen molar-refractivity contribution in [3.05, 3.63) is 42.0 Å². The van der Waals surface area contributed by atoms with E-state index in [1.54, 1.807) is 11.8 Å². The van der Waals surface area contributed by atoms with Gasteiger partial charge in [-0.1, -0.05) is 0 Å². The molecule has 3 rings (SSSR count). The lowest BCUT2D eigenvalue weighted by molar-refractivity contribution is 0.0274. The van der Waals surface area contributed by atoms with Gasteiger partial charge in [-0.05, 0) is 50.5 Å². The second-order valence-electron chi connectivity index (χ2n) is 6.09. The number of aromatic hydroxyl groups is 1. The Balaban J connectivity index is 1.89. The van der Waals surface area contributed by atoms with Crippen LogP contribution in [-0.4, -0.2) is 49.5 Å². The summed E-state index contributed by atoms with van der Waals surface area (Å²) in [5, 5.41) is 24.2. The van der Waals surface area contributed by atoms with Crippen LogP contribution in [0.4, 0.5) is 4.39 Å². The van der Waals surface area contributed by atoms with Gasteiger partial charge >= 0.3 is 0 Å². The van der Waals surface area contributed by atoms with Gasteiger partial charge in [-0.3, -0.25) is 4.79 Å². The second kappa shape index (κ2) is 6.60. The number of aliphatic hydroxyl groups is 1. The number of piperidine rings is 1. The summed E-state index contributed by atoms with van der Waals surface area (Å²) < 4.78 is 14.3. The standard InChI is InChI=1S/C17H20FN3O3/c1-11(22)14-4-2-3-9-20(14)17(24)16-15(23)10-21(19-16)13-7-5-12(18)6-8-13/h5-8,10-11,14,22-23H,2-4,9H2,1H3. The average molecular weight is 333 g/mol. The fourth-order valence-electron chi connectivity index (χ4n) is 3.09. The Morgan fingerprint density at radius 3 is 2.71 bits per heavy atom. The Hall–Kier alpha value is -2.41. The van der Waals surface area contributed by atoms with Crippen molar-refractivity contribution in [1.29, 1.82) is 0 Å². The normalized spacial score (nSPS) is 19.3. The Kier molecular flexibility index (Phi) is 4.53. The Bertz CT molecular complexity index is 727. The molecule has 2 unspecified atom stereocenters. The maximum Gasteiger partial charge on any atom is 0.278 e. The van der Waals surface area contributed by atoms with Gasteiger partial charge in [0.1, 0.15) is 5.82 Å². The molecule has 2 aromatic rings. The van der Waals surface area contributed by atoms with E-state index in [9.17, 15) is 19.4 Å². The van der Waals surface area contributed by atoms with E-state index in [-0.39, 0.29) is 23.3 Å². The summed E-state index contributed by atoms with van der Waals surface area (Å²) in [6.07, 6.45) is 3.21. The van der Waals surface area contributed by atoms with Crippen molar-refractivity contribution in [3.63, 3.8) is 0 Å². The van der Waals surface area contributed by atoms with Crippen LogP contribution in [0.2, 0.25) is 0 Å². The van der Waals surface area contributed by atoms with E-state index >= 15 is 0 Å². The average Bonchev–Trinajstić information content (AvgIpc) is 2.96. The molecule has 1 aliphatic heterocycles. The predicted octanol–water partition coefficient (Wildman–Crippen LogP) is 2.09. The van der Waals surface area contributed by atoms with E-state index in [4.69, 9.17) is 0 Å². The summed E-state index contributed by atoms with van der Waals surface area (Å²) in [6, 6.07) is 5.31. The van der Waals surface area contributed by atoms with Crippen molar-refractivity contribution in [3.8, 4) is 11.4 Å². The van der Waals surface area contributed by atoms with Crippen molar-refractivity contribution >= 4 is 5.91 Å². The van der Waals surface area contributed by atoms with Gasteiger partial charge in [-0.2, -0.15) is 5.10 Å². The molecule has 7 heteroatoms. The topological polar surface area (TPSA) is 78.6 Å². The van der Waals surface area contributed by atoms with Crippen LogP contribution in [0.3, 0.4) is 0 Å². The maximum atomic E-state index is 13.0. The molecule has 0 radical (unpaired) electrons. The predicted molar refractivity (Wildman–Crippen MR) is 85.5 cm³/mol. The van der Waals surface area contributed by atoms with Crippen LogP contribution >= 0.6 is 0 Å². The highest BCUT2D eigenvalue weighted by molar-refractivity contribution is 5.95. The molecule has 2 atom stereocenters. The quantitative estimate of drug-likeness (QED) is 0.901. The molecule has 1 amide bonds. The van der Waals surface area contributed by atoms with E-state index in [0.717, 1.165) is 19.3 Å². The number of amides is 1. The highest BCUT2D eigenvalue weighted by Gasteiger charge is 2.33. The Morgan fingerprint density at radius 1 is 1.33 bits per heavy atom. The zero-order chi connectivity index (χ0) is 17.3. The number of likely N-dealkylation sites (tertiary alicyclic amines) is 1. The third-order valence-corrected chi connectivity index (χ3v) is 4.36. The largest absolute Gasteiger partial charge is 0.504 e. The SMILES string of the molecule is CC(O)C1CCCCN1C(=O)c1nn(-c2ccc(F)cc2)cc1O. The number of nitrogens with zero attached hydrogens (tertiary/aromatic N) is 3. The lowest BCUT2D eigenvalue weighted by Crippen LogP contribution is -2.49. The first kappa shape index (κ1) is 16.4. The van der Waals surface area contributed by atoms with Gasteiger partial charge in [-0.15, -0.1) is 0 Å². The molecule has 0 aliphatic carbocycles. The molecule has 128 valence electrons. The third-order valence-electron chi connectivity index (χ3n) is 4.36. The van der Waals surface area contributed by atoms with E-state index in [2.05, 4.69) is 5.10 Å². The number of carbonyl (C=O) groups is 1. The Morgan fingerprint density at radius 2 is 2.04 bits per heavy atom. The van der Waals surface area contributed by atoms with E-state index in [1.807, 2.05) is 0 Å². The van der Waals surface area contributed by atoms with Crippen molar-refractivity contribution in [1.82, 2.24) is 14.7 Å². The number of aromatic nitrogens is 2. The van der Waals surface area contributed by atoms with Gasteiger partial charge in [0.05, 0.1) is 24.0 Å². The van der Waals surface area contributed by atoms with Crippen LogP contribution in [0.1, 0.15) is 36.7 Å². The summed E-state index contributed by atoms with van der Waals surface area (Å²) in [6.45, 7) is 2.19. The van der Waals surface area contributed by atoms with Gasteiger partial charge in [-0.25, -0.2) is 9.07 Å². The smallest absolute Gasteiger partial charge is 0.278 e. The molecule has 1 saturated heterocycles. The highest BCUT2D eigenvalue weighted by Crippen LogP contribution is 2.25. The fraction of sp³-hybridized carbons (Fsp3) is 0.412. The molecule has 2 heterocycles. The molecular weight excluding hydrogens is 313 g/mol. The molecule has 2 N–H and O–H groups in total. The first-order valence-electron chi connectivity index (χ1n) is 8.01. The highest BCUT2D eigenvalue weighted by atomic mass is 19.1. The van der Waals surface area contributed by atoms with Crippen LogP contribution in [0, 0.1) is 5.82 Å². The molecule has 0 bridgehead atoms. The van der Waals surface area contributed by atoms with Crippen molar-refractivity contribution in [2.75, 3.05) is 6.54 Å². The van der Waals surface area contributed by atoms with Crippen molar-refractivity contribution < 1.29 is 19.4 Å². The number of aliphatic hydroxyl groups excluding tert-OH is 1. The van der Waals surface area contributed by atoms with Crippen molar-refractivity contribution in [2.24, 2.45) is 0 Å². The summed E-state index contributed by atoms with van der Waals surface area (Å²) in [5.41, 5.74) is 0.475. The number of halogens is 1. The number of hydrogen-bond donors (Lipinski definition) is 2. The van der Waals surface area contributed by atoms with Gasteiger partial charge in [0.2, 0.25) is 0 Å². The first-order chi connectivity index (χ1) is 11.5. The van der Waals surface area contributed by atoms with Crippen LogP contribution in [0.25, 0.3) is 5.69 Å². The van der Waals surface area contributed by atoms with Crippen LogP contribution < -0.4 is 0 Å². The zero-order valence-corrected chi connectivity index (χ0v) is 13.4. The monoisotopic (exact) mass is 333 g/mol. The lowest BCUT2D eigenvalue weighted by Gasteiger charge is -2.37. The summed E-state index contributed by atoms with van der Waals surface area (Å²) in [7, 11) is 0.